The van der Waals surface area contributed by atoms with E-state index in [0.717, 1.165) is 51.4 Å². The smallest absolute Gasteiger partial charge is 0.387 e. The van der Waals surface area contributed by atoms with Crippen molar-refractivity contribution in [2.75, 3.05) is 6.61 Å². The van der Waals surface area contributed by atoms with Crippen molar-refractivity contribution >= 4 is 11.3 Å². The van der Waals surface area contributed by atoms with Crippen molar-refractivity contribution in [3.8, 4) is 11.5 Å². The lowest BCUT2D eigenvalue weighted by molar-refractivity contribution is -0.605. The van der Waals surface area contributed by atoms with E-state index < -0.39 is 6.61 Å². The molecule has 0 bridgehead atoms. The maximum atomic E-state index is 13.0. The van der Waals surface area contributed by atoms with Crippen molar-refractivity contribution in [3.05, 3.63) is 75.1 Å². The molecule has 1 unspecified atom stereocenters. The standard InChI is InChI=1S/C24H26F2N2O4S/c25-24(26)32-21-7-6-17(14-22(21)31-18-3-1-4-18)20(13-16-8-10-28(30)11-9-16)23-27-15-19(33-23)5-2-12-29/h6-11,14-15,18,20,24,29H,1-5,12-13H2. The summed E-state index contributed by atoms with van der Waals surface area (Å²) in [5.41, 5.74) is 1.82. The molecule has 0 spiro atoms. The molecule has 9 heteroatoms. The number of benzene rings is 1. The summed E-state index contributed by atoms with van der Waals surface area (Å²) in [6, 6.07) is 8.59. The Bertz CT molecular complexity index is 1040. The number of halogens is 2. The lowest BCUT2D eigenvalue weighted by atomic mass is 9.92. The average molecular weight is 477 g/mol. The number of rotatable bonds is 11. The third kappa shape index (κ3) is 6.17. The lowest BCUT2D eigenvalue weighted by Crippen LogP contribution is -2.25. The van der Waals surface area contributed by atoms with Crippen LogP contribution in [0.3, 0.4) is 0 Å². The van der Waals surface area contributed by atoms with Crippen molar-refractivity contribution in [1.82, 2.24) is 4.98 Å². The number of thiazole rings is 1. The van der Waals surface area contributed by atoms with Gasteiger partial charge < -0.3 is 19.8 Å². The zero-order chi connectivity index (χ0) is 23.2. The van der Waals surface area contributed by atoms with Gasteiger partial charge in [-0.2, -0.15) is 13.5 Å². The highest BCUT2D eigenvalue weighted by Crippen LogP contribution is 2.39. The molecular formula is C24H26F2N2O4S. The molecule has 0 aliphatic heterocycles. The van der Waals surface area contributed by atoms with Gasteiger partial charge in [0.05, 0.1) is 6.10 Å². The number of pyridine rings is 1. The van der Waals surface area contributed by atoms with Gasteiger partial charge in [-0.3, -0.25) is 0 Å². The number of aliphatic hydroxyl groups excluding tert-OH is 1. The van der Waals surface area contributed by atoms with Crippen LogP contribution in [0.5, 0.6) is 11.5 Å². The van der Waals surface area contributed by atoms with Gasteiger partial charge in [0.15, 0.2) is 23.9 Å². The zero-order valence-electron chi connectivity index (χ0n) is 18.0. The van der Waals surface area contributed by atoms with Crippen LogP contribution in [0.4, 0.5) is 8.78 Å². The van der Waals surface area contributed by atoms with Crippen LogP contribution in [0.25, 0.3) is 0 Å². The van der Waals surface area contributed by atoms with Crippen LogP contribution in [0.2, 0.25) is 0 Å². The largest absolute Gasteiger partial charge is 0.619 e. The molecule has 2 heterocycles. The first kappa shape index (κ1) is 23.4. The number of hydrogen-bond acceptors (Lipinski definition) is 6. The van der Waals surface area contributed by atoms with Crippen LogP contribution in [0.15, 0.2) is 48.9 Å². The molecule has 1 aromatic carbocycles. The Morgan fingerprint density at radius 2 is 1.97 bits per heavy atom. The Morgan fingerprint density at radius 3 is 2.64 bits per heavy atom. The second-order valence-corrected chi connectivity index (χ2v) is 9.22. The molecule has 4 rings (SSSR count). The van der Waals surface area contributed by atoms with E-state index in [4.69, 9.17) is 14.6 Å². The fourth-order valence-corrected chi connectivity index (χ4v) is 4.80. The Labute approximate surface area is 195 Å². The van der Waals surface area contributed by atoms with Gasteiger partial charge in [-0.05, 0) is 61.8 Å². The number of hydrogen-bond donors (Lipinski definition) is 1. The minimum Gasteiger partial charge on any atom is -0.619 e. The van der Waals surface area contributed by atoms with Crippen molar-refractivity contribution in [1.29, 1.82) is 0 Å². The van der Waals surface area contributed by atoms with Gasteiger partial charge in [0.2, 0.25) is 0 Å². The molecule has 1 aliphatic carbocycles. The van der Waals surface area contributed by atoms with Crippen LogP contribution in [0, 0.1) is 5.21 Å². The fourth-order valence-electron chi connectivity index (χ4n) is 3.71. The SMILES string of the molecule is [O-][n+]1ccc(CC(c2ccc(OC(F)F)c(OC3CCC3)c2)c2ncc(CCCO)s2)cc1. The first-order valence-electron chi connectivity index (χ1n) is 11.0. The Hall–Kier alpha value is -2.78. The van der Waals surface area contributed by atoms with Gasteiger partial charge in [-0.25, -0.2) is 4.98 Å². The Morgan fingerprint density at radius 1 is 1.18 bits per heavy atom. The third-order valence-electron chi connectivity index (χ3n) is 5.69. The van der Waals surface area contributed by atoms with Gasteiger partial charge >= 0.3 is 6.61 Å². The quantitative estimate of drug-likeness (QED) is 0.323. The van der Waals surface area contributed by atoms with Gasteiger partial charge in [0.1, 0.15) is 5.01 Å². The predicted molar refractivity (Wildman–Crippen MR) is 120 cm³/mol. The molecule has 1 atom stereocenters. The van der Waals surface area contributed by atoms with Crippen LogP contribution in [0.1, 0.15) is 52.6 Å². The maximum Gasteiger partial charge on any atom is 0.387 e. The summed E-state index contributed by atoms with van der Waals surface area (Å²) >= 11 is 1.57. The molecule has 1 fully saturated rings. The summed E-state index contributed by atoms with van der Waals surface area (Å²) in [4.78, 5) is 5.69. The van der Waals surface area contributed by atoms with Crippen LogP contribution < -0.4 is 14.2 Å². The fraction of sp³-hybridized carbons (Fsp3) is 0.417. The van der Waals surface area contributed by atoms with E-state index in [1.54, 1.807) is 35.6 Å². The number of alkyl halides is 2. The number of aryl methyl sites for hydroxylation is 1. The monoisotopic (exact) mass is 476 g/mol. The van der Waals surface area contributed by atoms with Crippen LogP contribution >= 0.6 is 11.3 Å². The molecule has 2 aromatic heterocycles. The van der Waals surface area contributed by atoms with Gasteiger partial charge in [0.25, 0.3) is 0 Å². The highest BCUT2D eigenvalue weighted by Gasteiger charge is 2.25. The number of ether oxygens (including phenoxy) is 2. The molecule has 1 N–H and O–H groups in total. The van der Waals surface area contributed by atoms with Gasteiger partial charge in [0, 0.05) is 35.7 Å². The van der Waals surface area contributed by atoms with E-state index in [0.29, 0.717) is 18.6 Å². The zero-order valence-corrected chi connectivity index (χ0v) is 18.8. The highest BCUT2D eigenvalue weighted by molar-refractivity contribution is 7.11. The maximum absolute atomic E-state index is 13.0. The van der Waals surface area contributed by atoms with E-state index >= 15 is 0 Å². The summed E-state index contributed by atoms with van der Waals surface area (Å²) in [6.07, 6.45) is 9.53. The van der Waals surface area contributed by atoms with Crippen molar-refractivity contribution in [2.24, 2.45) is 0 Å². The molecule has 3 aromatic rings. The molecule has 0 radical (unpaired) electrons. The minimum atomic E-state index is -2.94. The van der Waals surface area contributed by atoms with Crippen molar-refractivity contribution in [2.45, 2.75) is 57.2 Å². The van der Waals surface area contributed by atoms with Gasteiger partial charge in [-0.15, -0.1) is 11.3 Å². The molecule has 176 valence electrons. The summed E-state index contributed by atoms with van der Waals surface area (Å²) in [5.74, 6) is 0.170. The topological polar surface area (TPSA) is 78.5 Å². The number of aromatic nitrogens is 2. The Kier molecular flexibility index (Phi) is 7.72. The minimum absolute atomic E-state index is 0.00490. The van der Waals surface area contributed by atoms with Crippen LogP contribution in [-0.4, -0.2) is 29.4 Å². The van der Waals surface area contributed by atoms with Gasteiger partial charge in [-0.1, -0.05) is 6.07 Å². The molecule has 0 amide bonds. The summed E-state index contributed by atoms with van der Waals surface area (Å²) in [5, 5.41) is 21.5. The van der Waals surface area contributed by atoms with E-state index in [-0.39, 0.29) is 24.4 Å². The van der Waals surface area contributed by atoms with E-state index in [1.165, 1.54) is 18.5 Å². The summed E-state index contributed by atoms with van der Waals surface area (Å²) in [7, 11) is 0. The normalized spacial score (nSPS) is 14.8. The third-order valence-corrected chi connectivity index (χ3v) is 6.86. The molecule has 33 heavy (non-hydrogen) atoms. The number of nitrogens with zero attached hydrogens (tertiary/aromatic N) is 2. The van der Waals surface area contributed by atoms with E-state index in [2.05, 4.69) is 4.98 Å². The molecular weight excluding hydrogens is 450 g/mol. The molecule has 6 nitrogen and oxygen atoms in total. The number of aliphatic hydroxyl groups is 1. The predicted octanol–water partition coefficient (Wildman–Crippen LogP) is 4.61. The van der Waals surface area contributed by atoms with Crippen molar-refractivity contribution < 1.29 is 28.1 Å². The lowest BCUT2D eigenvalue weighted by Gasteiger charge is -2.28. The average Bonchev–Trinajstić information content (AvgIpc) is 3.23. The summed E-state index contributed by atoms with van der Waals surface area (Å²) in [6.45, 7) is -2.82. The first-order chi connectivity index (χ1) is 16.0. The second kappa shape index (κ2) is 10.9. The van der Waals surface area contributed by atoms with E-state index in [1.807, 2.05) is 6.20 Å². The molecule has 1 aliphatic rings. The first-order valence-corrected chi connectivity index (χ1v) is 11.8. The van der Waals surface area contributed by atoms with E-state index in [9.17, 15) is 14.0 Å². The second-order valence-electron chi connectivity index (χ2n) is 8.07. The molecule has 0 saturated heterocycles. The van der Waals surface area contributed by atoms with Crippen LogP contribution in [-0.2, 0) is 12.8 Å². The molecule has 1 saturated carbocycles. The Balaban J connectivity index is 1.67. The summed E-state index contributed by atoms with van der Waals surface area (Å²) < 4.78 is 37.3. The highest BCUT2D eigenvalue weighted by atomic mass is 32.1. The van der Waals surface area contributed by atoms with Crippen molar-refractivity contribution in [3.63, 3.8) is 0 Å².